The van der Waals surface area contributed by atoms with E-state index in [1.54, 1.807) is 30.3 Å². The zero-order chi connectivity index (χ0) is 14.8. The van der Waals surface area contributed by atoms with Crippen molar-refractivity contribution < 1.29 is 9.94 Å². The third-order valence-electron chi connectivity index (χ3n) is 3.16. The molecule has 0 bridgehead atoms. The number of fused-ring (bicyclic) bond motifs is 1. The van der Waals surface area contributed by atoms with Crippen LogP contribution in [-0.4, -0.2) is 32.7 Å². The number of benzene rings is 1. The Bertz CT molecular complexity index is 825. The van der Waals surface area contributed by atoms with Crippen LogP contribution >= 0.6 is 0 Å². The maximum absolute atomic E-state index is 8.84. The maximum atomic E-state index is 8.84. The highest BCUT2D eigenvalue weighted by atomic mass is 16.5. The van der Waals surface area contributed by atoms with Crippen LogP contribution in [0.2, 0.25) is 0 Å². The van der Waals surface area contributed by atoms with Gasteiger partial charge in [-0.05, 0) is 23.6 Å². The van der Waals surface area contributed by atoms with Gasteiger partial charge in [-0.3, -0.25) is 4.57 Å². The van der Waals surface area contributed by atoms with Gasteiger partial charge in [0.2, 0.25) is 5.84 Å². The van der Waals surface area contributed by atoms with Gasteiger partial charge < -0.3 is 15.7 Å². The van der Waals surface area contributed by atoms with E-state index in [2.05, 4.69) is 15.1 Å². The molecule has 0 fully saturated rings. The molecule has 0 spiro atoms. The Morgan fingerprint density at radius 1 is 1.29 bits per heavy atom. The van der Waals surface area contributed by atoms with Crippen molar-refractivity contribution in [3.8, 4) is 11.6 Å². The van der Waals surface area contributed by atoms with Gasteiger partial charge in [-0.1, -0.05) is 11.2 Å². The third kappa shape index (κ3) is 2.14. The number of aromatic nitrogens is 3. The summed E-state index contributed by atoms with van der Waals surface area (Å²) in [6.45, 7) is 0. The SMILES string of the molecule is COc1ccc2ccnc(-n3ccnc3/C(N)=N/O)c2c1. The molecule has 0 aliphatic heterocycles. The van der Waals surface area contributed by atoms with E-state index in [4.69, 9.17) is 15.7 Å². The fraction of sp³-hybridized carbons (Fsp3) is 0.0714. The minimum atomic E-state index is -0.0818. The lowest BCUT2D eigenvalue weighted by atomic mass is 10.1. The molecule has 0 amide bonds. The number of rotatable bonds is 3. The summed E-state index contributed by atoms with van der Waals surface area (Å²) in [6, 6.07) is 7.61. The predicted molar refractivity (Wildman–Crippen MR) is 77.9 cm³/mol. The first-order valence-corrected chi connectivity index (χ1v) is 6.19. The average Bonchev–Trinajstić information content (AvgIpc) is 3.02. The smallest absolute Gasteiger partial charge is 0.206 e. The summed E-state index contributed by atoms with van der Waals surface area (Å²) in [6.07, 6.45) is 4.96. The molecule has 7 heteroatoms. The molecule has 21 heavy (non-hydrogen) atoms. The van der Waals surface area contributed by atoms with Crippen LogP contribution in [0.5, 0.6) is 5.75 Å². The van der Waals surface area contributed by atoms with Crippen LogP contribution in [0.1, 0.15) is 5.82 Å². The van der Waals surface area contributed by atoms with Crippen LogP contribution in [0.15, 0.2) is 48.0 Å². The van der Waals surface area contributed by atoms with Gasteiger partial charge in [-0.2, -0.15) is 0 Å². The summed E-state index contributed by atoms with van der Waals surface area (Å²) in [4.78, 5) is 8.47. The van der Waals surface area contributed by atoms with Crippen molar-refractivity contribution >= 4 is 16.6 Å². The van der Waals surface area contributed by atoms with Gasteiger partial charge in [0.1, 0.15) is 11.6 Å². The van der Waals surface area contributed by atoms with E-state index in [1.165, 1.54) is 0 Å². The van der Waals surface area contributed by atoms with Crippen molar-refractivity contribution in [3.63, 3.8) is 0 Å². The number of imidazole rings is 1. The Morgan fingerprint density at radius 2 is 2.14 bits per heavy atom. The van der Waals surface area contributed by atoms with E-state index >= 15 is 0 Å². The highest BCUT2D eigenvalue weighted by molar-refractivity contribution is 5.96. The van der Waals surface area contributed by atoms with Gasteiger partial charge in [0, 0.05) is 24.0 Å². The Morgan fingerprint density at radius 3 is 2.90 bits per heavy atom. The van der Waals surface area contributed by atoms with E-state index in [9.17, 15) is 0 Å². The molecule has 0 saturated heterocycles. The second-order valence-electron chi connectivity index (χ2n) is 4.33. The van der Waals surface area contributed by atoms with Crippen LogP contribution in [0.4, 0.5) is 0 Å². The number of nitrogens with two attached hydrogens (primary N) is 1. The Labute approximate surface area is 120 Å². The Kier molecular flexibility index (Phi) is 3.15. The van der Waals surface area contributed by atoms with Gasteiger partial charge in [-0.15, -0.1) is 0 Å². The van der Waals surface area contributed by atoms with Crippen molar-refractivity contribution in [1.29, 1.82) is 0 Å². The summed E-state index contributed by atoms with van der Waals surface area (Å²) in [7, 11) is 1.61. The van der Waals surface area contributed by atoms with Crippen LogP contribution in [-0.2, 0) is 0 Å². The lowest BCUT2D eigenvalue weighted by molar-refractivity contribution is 0.318. The maximum Gasteiger partial charge on any atom is 0.206 e. The van der Waals surface area contributed by atoms with E-state index in [1.807, 2.05) is 24.3 Å². The fourth-order valence-electron chi connectivity index (χ4n) is 2.16. The highest BCUT2D eigenvalue weighted by Crippen LogP contribution is 2.25. The molecule has 3 aromatic rings. The molecule has 0 aliphatic carbocycles. The monoisotopic (exact) mass is 283 g/mol. The van der Waals surface area contributed by atoms with Crippen LogP contribution < -0.4 is 10.5 Å². The second kappa shape index (κ2) is 5.12. The molecular formula is C14H13N5O2. The van der Waals surface area contributed by atoms with Crippen molar-refractivity contribution in [2.75, 3.05) is 7.11 Å². The fourth-order valence-corrected chi connectivity index (χ4v) is 2.16. The summed E-state index contributed by atoms with van der Waals surface area (Å²) in [5, 5.41) is 13.7. The summed E-state index contributed by atoms with van der Waals surface area (Å²) in [5.41, 5.74) is 5.64. The molecule has 0 aliphatic rings. The van der Waals surface area contributed by atoms with Gasteiger partial charge in [0.05, 0.1) is 7.11 Å². The molecule has 2 heterocycles. The number of pyridine rings is 1. The first-order chi connectivity index (χ1) is 10.2. The van der Waals surface area contributed by atoms with Gasteiger partial charge in [0.15, 0.2) is 5.82 Å². The number of methoxy groups -OCH3 is 1. The van der Waals surface area contributed by atoms with Gasteiger partial charge >= 0.3 is 0 Å². The standard InChI is InChI=1S/C14H13N5O2/c1-21-10-3-2-9-4-5-16-13(11(9)8-10)19-7-6-17-14(19)12(15)18-20/h2-8,20H,1H3,(H2,15,18). The number of amidine groups is 1. The average molecular weight is 283 g/mol. The number of nitrogens with zero attached hydrogens (tertiary/aromatic N) is 4. The van der Waals surface area contributed by atoms with Crippen LogP contribution in [0, 0.1) is 0 Å². The highest BCUT2D eigenvalue weighted by Gasteiger charge is 2.13. The van der Waals surface area contributed by atoms with Gasteiger partial charge in [-0.25, -0.2) is 9.97 Å². The molecule has 0 unspecified atom stereocenters. The Hall–Kier alpha value is -3.09. The van der Waals surface area contributed by atoms with E-state index in [-0.39, 0.29) is 5.84 Å². The predicted octanol–water partition coefficient (Wildman–Crippen LogP) is 1.52. The minimum Gasteiger partial charge on any atom is -0.497 e. The molecule has 3 rings (SSSR count). The third-order valence-corrected chi connectivity index (χ3v) is 3.16. The van der Waals surface area contributed by atoms with Crippen molar-refractivity contribution in [1.82, 2.24) is 14.5 Å². The molecule has 3 N–H and O–H groups in total. The lowest BCUT2D eigenvalue weighted by Gasteiger charge is -2.10. The van der Waals surface area contributed by atoms with Crippen LogP contribution in [0.3, 0.4) is 0 Å². The number of hydrogen-bond acceptors (Lipinski definition) is 5. The summed E-state index contributed by atoms with van der Waals surface area (Å²) < 4.78 is 6.92. The molecule has 0 saturated carbocycles. The molecule has 106 valence electrons. The number of oxime groups is 1. The lowest BCUT2D eigenvalue weighted by Crippen LogP contribution is -2.19. The molecule has 2 aromatic heterocycles. The number of ether oxygens (including phenoxy) is 1. The Balaban J connectivity index is 2.28. The molecule has 1 aromatic carbocycles. The molecular weight excluding hydrogens is 270 g/mol. The van der Waals surface area contributed by atoms with Crippen molar-refractivity contribution in [2.24, 2.45) is 10.9 Å². The minimum absolute atomic E-state index is 0.0818. The first-order valence-electron chi connectivity index (χ1n) is 6.19. The number of hydrogen-bond donors (Lipinski definition) is 2. The van der Waals surface area contributed by atoms with Gasteiger partial charge in [0.25, 0.3) is 0 Å². The zero-order valence-electron chi connectivity index (χ0n) is 11.3. The normalized spacial score (nSPS) is 11.8. The van der Waals surface area contributed by atoms with Crippen molar-refractivity contribution in [2.45, 2.75) is 0 Å². The van der Waals surface area contributed by atoms with E-state index in [0.717, 1.165) is 16.5 Å². The summed E-state index contributed by atoms with van der Waals surface area (Å²) in [5.74, 6) is 1.59. The van der Waals surface area contributed by atoms with Crippen LogP contribution in [0.25, 0.3) is 16.6 Å². The van der Waals surface area contributed by atoms with Crippen molar-refractivity contribution in [3.05, 3.63) is 48.7 Å². The first kappa shape index (κ1) is 12.9. The summed E-state index contributed by atoms with van der Waals surface area (Å²) >= 11 is 0. The molecule has 7 nitrogen and oxygen atoms in total. The topological polar surface area (TPSA) is 98.5 Å². The molecule has 0 radical (unpaired) electrons. The second-order valence-corrected chi connectivity index (χ2v) is 4.33. The molecule has 0 atom stereocenters. The van der Waals surface area contributed by atoms with E-state index < -0.39 is 0 Å². The largest absolute Gasteiger partial charge is 0.497 e. The zero-order valence-corrected chi connectivity index (χ0v) is 11.3. The van der Waals surface area contributed by atoms with E-state index in [0.29, 0.717) is 11.6 Å². The quantitative estimate of drug-likeness (QED) is 0.329.